The van der Waals surface area contributed by atoms with Gasteiger partial charge in [0.15, 0.2) is 0 Å². The van der Waals surface area contributed by atoms with E-state index in [1.807, 2.05) is 25.3 Å². The lowest BCUT2D eigenvalue weighted by atomic mass is 10.2. The van der Waals surface area contributed by atoms with E-state index in [9.17, 15) is 0 Å². The maximum Gasteiger partial charge on any atom is 0.220 e. The third-order valence-electron chi connectivity index (χ3n) is 2.91. The maximum absolute atomic E-state index is 5.61. The second-order valence-corrected chi connectivity index (χ2v) is 4.48. The molecule has 0 saturated heterocycles. The van der Waals surface area contributed by atoms with Crippen LogP contribution in [0.1, 0.15) is 19.7 Å². The number of nitrogens with two attached hydrogens (primary N) is 1. The Balaban J connectivity index is 2.60. The number of rotatable bonds is 3. The van der Waals surface area contributed by atoms with Crippen molar-refractivity contribution in [2.24, 2.45) is 0 Å². The molecule has 0 spiro atoms. The van der Waals surface area contributed by atoms with E-state index in [1.165, 1.54) is 0 Å². The minimum absolute atomic E-state index is 0.244. The summed E-state index contributed by atoms with van der Waals surface area (Å²) in [4.78, 5) is 12.4. The molecule has 2 N–H and O–H groups in total. The lowest BCUT2D eigenvalue weighted by Crippen LogP contribution is -2.30. The van der Waals surface area contributed by atoms with E-state index in [0.717, 1.165) is 17.2 Å². The molecule has 2 heterocycles. The van der Waals surface area contributed by atoms with Crippen LogP contribution in [0.15, 0.2) is 18.5 Å². The van der Waals surface area contributed by atoms with Gasteiger partial charge < -0.3 is 10.5 Å². The standard InChI is InChI=1S/C12H17N5O/c1-8-15-7-10(17(8)12(2,3)18-4)9-5-6-14-11(13)16-9/h5-7H,1-4H3,(H2,13,14,16). The molecule has 6 heteroatoms. The van der Waals surface area contributed by atoms with Crippen LogP contribution in [0.5, 0.6) is 0 Å². The first-order valence-electron chi connectivity index (χ1n) is 5.64. The van der Waals surface area contributed by atoms with Gasteiger partial charge in [-0.3, -0.25) is 4.57 Å². The summed E-state index contributed by atoms with van der Waals surface area (Å²) in [6.07, 6.45) is 3.39. The fraction of sp³-hybridized carbons (Fsp3) is 0.417. The number of imidazole rings is 1. The average molecular weight is 247 g/mol. The van der Waals surface area contributed by atoms with Gasteiger partial charge in [-0.25, -0.2) is 15.0 Å². The number of hydrogen-bond donors (Lipinski definition) is 1. The zero-order valence-corrected chi connectivity index (χ0v) is 11.0. The van der Waals surface area contributed by atoms with E-state index in [0.29, 0.717) is 0 Å². The molecule has 0 bridgehead atoms. The van der Waals surface area contributed by atoms with Crippen LogP contribution < -0.4 is 5.73 Å². The number of ether oxygens (including phenoxy) is 1. The van der Waals surface area contributed by atoms with Gasteiger partial charge in [0.25, 0.3) is 0 Å². The Bertz CT molecular complexity index is 561. The Kier molecular flexibility index (Phi) is 3.04. The average Bonchev–Trinajstić information content (AvgIpc) is 2.72. The largest absolute Gasteiger partial charge is 0.368 e. The molecule has 0 unspecified atom stereocenters. The van der Waals surface area contributed by atoms with Crippen LogP contribution in [0, 0.1) is 6.92 Å². The highest BCUT2D eigenvalue weighted by Gasteiger charge is 2.25. The summed E-state index contributed by atoms with van der Waals surface area (Å²) in [5, 5.41) is 0. The molecule has 2 aromatic rings. The molecule has 0 saturated carbocycles. The SMILES string of the molecule is COC(C)(C)n1c(-c2ccnc(N)n2)cnc1C. The van der Waals surface area contributed by atoms with Crippen LogP contribution >= 0.6 is 0 Å². The van der Waals surface area contributed by atoms with Crippen molar-refractivity contribution in [1.29, 1.82) is 0 Å². The molecule has 0 aliphatic heterocycles. The molecule has 18 heavy (non-hydrogen) atoms. The van der Waals surface area contributed by atoms with Crippen molar-refractivity contribution >= 4 is 5.95 Å². The van der Waals surface area contributed by atoms with Gasteiger partial charge in [0.05, 0.1) is 17.6 Å². The summed E-state index contributed by atoms with van der Waals surface area (Å²) in [5.74, 6) is 1.10. The molecule has 0 fully saturated rings. The highest BCUT2D eigenvalue weighted by atomic mass is 16.5. The van der Waals surface area contributed by atoms with Gasteiger partial charge in [0.2, 0.25) is 5.95 Å². The number of aryl methyl sites for hydroxylation is 1. The molecule has 6 nitrogen and oxygen atoms in total. The lowest BCUT2D eigenvalue weighted by Gasteiger charge is -2.28. The van der Waals surface area contributed by atoms with Gasteiger partial charge in [0.1, 0.15) is 11.5 Å². The summed E-state index contributed by atoms with van der Waals surface area (Å²) in [7, 11) is 1.66. The first-order chi connectivity index (χ1) is 8.45. The fourth-order valence-corrected chi connectivity index (χ4v) is 1.91. The molecule has 0 aliphatic rings. The van der Waals surface area contributed by atoms with Crippen LogP contribution in [0.25, 0.3) is 11.4 Å². The number of methoxy groups -OCH3 is 1. The van der Waals surface area contributed by atoms with Gasteiger partial charge in [0, 0.05) is 13.3 Å². The molecule has 0 amide bonds. The molecular weight excluding hydrogens is 230 g/mol. The molecule has 2 aromatic heterocycles. The topological polar surface area (TPSA) is 78.9 Å². The zero-order chi connectivity index (χ0) is 13.3. The molecule has 2 rings (SSSR count). The number of hydrogen-bond acceptors (Lipinski definition) is 5. The minimum atomic E-state index is -0.504. The second-order valence-electron chi connectivity index (χ2n) is 4.48. The summed E-state index contributed by atoms with van der Waals surface area (Å²) in [6, 6.07) is 1.80. The molecular formula is C12H17N5O. The smallest absolute Gasteiger partial charge is 0.220 e. The number of anilines is 1. The highest BCUT2D eigenvalue weighted by Crippen LogP contribution is 2.27. The summed E-state index contributed by atoms with van der Waals surface area (Å²) >= 11 is 0. The third kappa shape index (κ3) is 2.06. The normalized spacial score (nSPS) is 11.8. The van der Waals surface area contributed by atoms with Crippen LogP contribution in [0.3, 0.4) is 0 Å². The lowest BCUT2D eigenvalue weighted by molar-refractivity contribution is -0.0453. The third-order valence-corrected chi connectivity index (χ3v) is 2.91. The maximum atomic E-state index is 5.61. The Morgan fingerprint density at radius 3 is 2.67 bits per heavy atom. The van der Waals surface area contributed by atoms with E-state index in [1.54, 1.807) is 25.6 Å². The van der Waals surface area contributed by atoms with E-state index < -0.39 is 5.72 Å². The monoisotopic (exact) mass is 247 g/mol. The molecule has 0 radical (unpaired) electrons. The summed E-state index contributed by atoms with van der Waals surface area (Å²) < 4.78 is 7.48. The van der Waals surface area contributed by atoms with E-state index in [4.69, 9.17) is 10.5 Å². The Hall–Kier alpha value is -1.95. The highest BCUT2D eigenvalue weighted by molar-refractivity contribution is 5.55. The summed E-state index contributed by atoms with van der Waals surface area (Å²) in [6.45, 7) is 5.86. The van der Waals surface area contributed by atoms with E-state index in [-0.39, 0.29) is 5.95 Å². The summed E-state index contributed by atoms with van der Waals surface area (Å²) in [5.41, 5.74) is 6.69. The quantitative estimate of drug-likeness (QED) is 0.890. The Labute approximate surface area is 106 Å². The molecule has 96 valence electrons. The van der Waals surface area contributed by atoms with E-state index >= 15 is 0 Å². The van der Waals surface area contributed by atoms with Crippen molar-refractivity contribution in [3.63, 3.8) is 0 Å². The number of aromatic nitrogens is 4. The van der Waals surface area contributed by atoms with Crippen molar-refractivity contribution in [3.05, 3.63) is 24.3 Å². The Morgan fingerprint density at radius 2 is 2.06 bits per heavy atom. The Morgan fingerprint density at radius 1 is 1.33 bits per heavy atom. The van der Waals surface area contributed by atoms with Crippen LogP contribution in [-0.2, 0) is 10.5 Å². The first-order valence-corrected chi connectivity index (χ1v) is 5.64. The fourth-order valence-electron chi connectivity index (χ4n) is 1.91. The molecule has 0 aromatic carbocycles. The van der Waals surface area contributed by atoms with Gasteiger partial charge in [-0.05, 0) is 26.8 Å². The number of nitrogens with zero attached hydrogens (tertiary/aromatic N) is 4. The van der Waals surface area contributed by atoms with Gasteiger partial charge in [-0.2, -0.15) is 0 Å². The van der Waals surface area contributed by atoms with Crippen LogP contribution in [-0.4, -0.2) is 26.6 Å². The van der Waals surface area contributed by atoms with Gasteiger partial charge in [-0.1, -0.05) is 0 Å². The second kappa shape index (κ2) is 4.38. The van der Waals surface area contributed by atoms with Crippen LogP contribution in [0.2, 0.25) is 0 Å². The number of nitrogen functional groups attached to an aromatic ring is 1. The van der Waals surface area contributed by atoms with Crippen molar-refractivity contribution in [2.45, 2.75) is 26.5 Å². The van der Waals surface area contributed by atoms with E-state index in [2.05, 4.69) is 15.0 Å². The van der Waals surface area contributed by atoms with Crippen molar-refractivity contribution in [3.8, 4) is 11.4 Å². The minimum Gasteiger partial charge on any atom is -0.368 e. The van der Waals surface area contributed by atoms with Crippen molar-refractivity contribution in [1.82, 2.24) is 19.5 Å². The molecule has 0 atom stereocenters. The van der Waals surface area contributed by atoms with Crippen molar-refractivity contribution in [2.75, 3.05) is 12.8 Å². The predicted molar refractivity (Wildman–Crippen MR) is 68.7 cm³/mol. The predicted octanol–water partition coefficient (Wildman–Crippen LogP) is 1.57. The molecule has 0 aliphatic carbocycles. The van der Waals surface area contributed by atoms with Gasteiger partial charge >= 0.3 is 0 Å². The van der Waals surface area contributed by atoms with Crippen LogP contribution in [0.4, 0.5) is 5.95 Å². The zero-order valence-electron chi connectivity index (χ0n) is 11.0. The van der Waals surface area contributed by atoms with Crippen molar-refractivity contribution < 1.29 is 4.74 Å². The first kappa shape index (κ1) is 12.5. The van der Waals surface area contributed by atoms with Gasteiger partial charge in [-0.15, -0.1) is 0 Å².